The summed E-state index contributed by atoms with van der Waals surface area (Å²) in [6.07, 6.45) is 6.55. The van der Waals surface area contributed by atoms with Crippen molar-refractivity contribution in [2.24, 2.45) is 5.92 Å². The van der Waals surface area contributed by atoms with Gasteiger partial charge >= 0.3 is 0 Å². The number of methoxy groups -OCH3 is 1. The lowest BCUT2D eigenvalue weighted by molar-refractivity contribution is 0.187. The fourth-order valence-corrected chi connectivity index (χ4v) is 2.58. The molecule has 1 saturated heterocycles. The Morgan fingerprint density at radius 3 is 2.95 bits per heavy atom. The highest BCUT2D eigenvalue weighted by atomic mass is 16.5. The molecule has 1 N–H and O–H groups in total. The summed E-state index contributed by atoms with van der Waals surface area (Å²) in [4.78, 5) is 6.91. The van der Waals surface area contributed by atoms with Crippen LogP contribution in [-0.4, -0.2) is 54.3 Å². The first-order valence-electron chi connectivity index (χ1n) is 7.26. The monoisotopic (exact) mass is 266 g/mol. The molecule has 5 heteroatoms. The van der Waals surface area contributed by atoms with E-state index in [1.54, 1.807) is 7.11 Å². The first-order valence-corrected chi connectivity index (χ1v) is 7.26. The van der Waals surface area contributed by atoms with Crippen molar-refractivity contribution in [1.29, 1.82) is 0 Å². The van der Waals surface area contributed by atoms with Crippen molar-refractivity contribution in [2.45, 2.75) is 26.3 Å². The molecule has 0 aliphatic carbocycles. The maximum absolute atomic E-state index is 5.10. The molecule has 5 nitrogen and oxygen atoms in total. The Labute approximate surface area is 116 Å². The quantitative estimate of drug-likeness (QED) is 0.777. The van der Waals surface area contributed by atoms with Crippen molar-refractivity contribution in [1.82, 2.24) is 14.5 Å². The summed E-state index contributed by atoms with van der Waals surface area (Å²) in [7, 11) is 1.72. The summed E-state index contributed by atoms with van der Waals surface area (Å²) in [6.45, 7) is 8.56. The molecule has 1 aromatic rings. The zero-order valence-corrected chi connectivity index (χ0v) is 12.1. The average Bonchev–Trinajstić information content (AvgIpc) is 3.05. The number of nitrogens with one attached hydrogen (secondary N) is 1. The second-order valence-corrected chi connectivity index (χ2v) is 5.43. The van der Waals surface area contributed by atoms with Gasteiger partial charge in [-0.05, 0) is 31.8 Å². The van der Waals surface area contributed by atoms with E-state index in [0.29, 0.717) is 12.5 Å². The summed E-state index contributed by atoms with van der Waals surface area (Å²) < 4.78 is 7.20. The van der Waals surface area contributed by atoms with Gasteiger partial charge in [0.2, 0.25) is 5.95 Å². The number of rotatable bonds is 8. The van der Waals surface area contributed by atoms with Gasteiger partial charge in [-0.15, -0.1) is 0 Å². The van der Waals surface area contributed by atoms with E-state index in [1.165, 1.54) is 32.5 Å². The molecule has 108 valence electrons. The van der Waals surface area contributed by atoms with Gasteiger partial charge in [-0.1, -0.05) is 6.92 Å². The van der Waals surface area contributed by atoms with Crippen LogP contribution in [0.25, 0.3) is 0 Å². The summed E-state index contributed by atoms with van der Waals surface area (Å²) >= 11 is 0. The van der Waals surface area contributed by atoms with Gasteiger partial charge in [0, 0.05) is 39.1 Å². The molecule has 0 amide bonds. The van der Waals surface area contributed by atoms with E-state index in [9.17, 15) is 0 Å². The standard InChI is InChI=1S/C14H26N4O/c1-13(12-17-6-3-4-7-17)11-16-14-15-5-8-18(14)9-10-19-2/h5,8,13H,3-4,6-7,9-12H2,1-2H3,(H,15,16). The Morgan fingerprint density at radius 2 is 2.21 bits per heavy atom. The SMILES string of the molecule is COCCn1ccnc1NCC(C)CN1CCCC1. The van der Waals surface area contributed by atoms with Gasteiger partial charge in [0.15, 0.2) is 0 Å². The fourth-order valence-electron chi connectivity index (χ4n) is 2.58. The molecule has 2 rings (SSSR count). The number of likely N-dealkylation sites (tertiary alicyclic amines) is 1. The van der Waals surface area contributed by atoms with Gasteiger partial charge < -0.3 is 19.5 Å². The fraction of sp³-hybridized carbons (Fsp3) is 0.786. The minimum absolute atomic E-state index is 0.644. The van der Waals surface area contributed by atoms with Crippen molar-refractivity contribution in [3.05, 3.63) is 12.4 Å². The second-order valence-electron chi connectivity index (χ2n) is 5.43. The van der Waals surface area contributed by atoms with Gasteiger partial charge in [0.05, 0.1) is 6.61 Å². The highest BCUT2D eigenvalue weighted by molar-refractivity contribution is 5.25. The minimum atomic E-state index is 0.644. The van der Waals surface area contributed by atoms with Gasteiger partial charge in [-0.3, -0.25) is 0 Å². The Bertz CT molecular complexity index is 360. The molecule has 1 aliphatic heterocycles. The Hall–Kier alpha value is -1.07. The first-order chi connectivity index (χ1) is 9.29. The first kappa shape index (κ1) is 14.3. The van der Waals surface area contributed by atoms with Crippen molar-refractivity contribution in [2.75, 3.05) is 45.2 Å². The number of hydrogen-bond acceptors (Lipinski definition) is 4. The van der Waals surface area contributed by atoms with Crippen LogP contribution < -0.4 is 5.32 Å². The summed E-state index contributed by atoms with van der Waals surface area (Å²) in [5.74, 6) is 1.59. The van der Waals surface area contributed by atoms with E-state index in [4.69, 9.17) is 4.74 Å². The molecule has 1 fully saturated rings. The summed E-state index contributed by atoms with van der Waals surface area (Å²) in [6, 6.07) is 0. The van der Waals surface area contributed by atoms with E-state index in [0.717, 1.165) is 19.0 Å². The van der Waals surface area contributed by atoms with Crippen LogP contribution in [0, 0.1) is 5.92 Å². The third-order valence-electron chi connectivity index (χ3n) is 3.63. The van der Waals surface area contributed by atoms with Gasteiger partial charge in [0.1, 0.15) is 0 Å². The molecular formula is C14H26N4O. The van der Waals surface area contributed by atoms with Crippen molar-refractivity contribution >= 4 is 5.95 Å². The van der Waals surface area contributed by atoms with Crippen LogP contribution in [0.5, 0.6) is 0 Å². The molecule has 0 aromatic carbocycles. The van der Waals surface area contributed by atoms with E-state index in [-0.39, 0.29) is 0 Å². The molecule has 1 unspecified atom stereocenters. The van der Waals surface area contributed by atoms with Crippen molar-refractivity contribution in [3.63, 3.8) is 0 Å². The lowest BCUT2D eigenvalue weighted by Crippen LogP contribution is -2.29. The van der Waals surface area contributed by atoms with Crippen LogP contribution in [-0.2, 0) is 11.3 Å². The Balaban J connectivity index is 1.73. The van der Waals surface area contributed by atoms with Gasteiger partial charge in [0.25, 0.3) is 0 Å². The van der Waals surface area contributed by atoms with Crippen molar-refractivity contribution < 1.29 is 4.74 Å². The minimum Gasteiger partial charge on any atom is -0.383 e. The summed E-state index contributed by atoms with van der Waals surface area (Å²) in [5, 5.41) is 3.45. The number of imidazole rings is 1. The lowest BCUT2D eigenvalue weighted by atomic mass is 10.1. The summed E-state index contributed by atoms with van der Waals surface area (Å²) in [5.41, 5.74) is 0. The molecule has 2 heterocycles. The molecule has 0 saturated carbocycles. The van der Waals surface area contributed by atoms with Crippen molar-refractivity contribution in [3.8, 4) is 0 Å². The normalized spacial score (nSPS) is 17.8. The molecule has 1 aliphatic rings. The number of anilines is 1. The zero-order chi connectivity index (χ0) is 13.5. The van der Waals surface area contributed by atoms with E-state index in [2.05, 4.69) is 26.7 Å². The number of aromatic nitrogens is 2. The van der Waals surface area contributed by atoms with Gasteiger partial charge in [-0.25, -0.2) is 4.98 Å². The third-order valence-corrected chi connectivity index (χ3v) is 3.63. The molecule has 0 bridgehead atoms. The maximum atomic E-state index is 5.10. The zero-order valence-electron chi connectivity index (χ0n) is 12.1. The van der Waals surface area contributed by atoms with E-state index < -0.39 is 0 Å². The topological polar surface area (TPSA) is 42.3 Å². The van der Waals surface area contributed by atoms with Crippen LogP contribution in [0.1, 0.15) is 19.8 Å². The lowest BCUT2D eigenvalue weighted by Gasteiger charge is -2.20. The molecule has 0 spiro atoms. The molecule has 1 atom stereocenters. The molecule has 19 heavy (non-hydrogen) atoms. The van der Waals surface area contributed by atoms with Crippen LogP contribution in [0.4, 0.5) is 5.95 Å². The Kier molecular flexibility index (Phi) is 5.66. The number of ether oxygens (including phenoxy) is 1. The van der Waals surface area contributed by atoms with E-state index >= 15 is 0 Å². The van der Waals surface area contributed by atoms with E-state index in [1.807, 2.05) is 12.4 Å². The largest absolute Gasteiger partial charge is 0.383 e. The van der Waals surface area contributed by atoms with Crippen LogP contribution in [0.2, 0.25) is 0 Å². The number of nitrogens with zero attached hydrogens (tertiary/aromatic N) is 3. The molecular weight excluding hydrogens is 240 g/mol. The van der Waals surface area contributed by atoms with Crippen LogP contribution in [0.15, 0.2) is 12.4 Å². The predicted molar refractivity (Wildman–Crippen MR) is 77.4 cm³/mol. The highest BCUT2D eigenvalue weighted by Gasteiger charge is 2.14. The Morgan fingerprint density at radius 1 is 1.42 bits per heavy atom. The van der Waals surface area contributed by atoms with Crippen LogP contribution in [0.3, 0.4) is 0 Å². The second kappa shape index (κ2) is 7.50. The molecule has 1 aromatic heterocycles. The highest BCUT2D eigenvalue weighted by Crippen LogP contribution is 2.11. The predicted octanol–water partition coefficient (Wildman–Crippen LogP) is 1.67. The smallest absolute Gasteiger partial charge is 0.202 e. The third kappa shape index (κ3) is 4.51. The van der Waals surface area contributed by atoms with Crippen LogP contribution >= 0.6 is 0 Å². The average molecular weight is 266 g/mol. The maximum Gasteiger partial charge on any atom is 0.202 e. The van der Waals surface area contributed by atoms with Gasteiger partial charge in [-0.2, -0.15) is 0 Å². The molecule has 0 radical (unpaired) electrons. The number of hydrogen-bond donors (Lipinski definition) is 1.